The first-order chi connectivity index (χ1) is 8.29. The summed E-state index contributed by atoms with van der Waals surface area (Å²) in [7, 11) is 0. The molecule has 92 valence electrons. The third kappa shape index (κ3) is 7.27. The fourth-order valence-corrected chi connectivity index (χ4v) is 1.34. The number of hydrogen-bond acceptors (Lipinski definition) is 3. The maximum absolute atomic E-state index is 10.1. The third-order valence-electron chi connectivity index (χ3n) is 2.18. The highest BCUT2D eigenvalue weighted by atomic mass is 16.4. The molecule has 17 heavy (non-hydrogen) atoms. The quantitative estimate of drug-likeness (QED) is 0.667. The highest BCUT2D eigenvalue weighted by molar-refractivity contribution is 5.85. The monoisotopic (exact) mass is 234 g/mol. The van der Waals surface area contributed by atoms with Crippen molar-refractivity contribution in [3.05, 3.63) is 42.0 Å². The predicted octanol–water partition coefficient (Wildman–Crippen LogP) is 0.964. The summed E-state index contributed by atoms with van der Waals surface area (Å²) in [6.07, 6.45) is 2.68. The van der Waals surface area contributed by atoms with E-state index in [0.29, 0.717) is 0 Å². The Balaban J connectivity index is 0.000000202. The van der Waals surface area contributed by atoms with E-state index in [1.165, 1.54) is 0 Å². The van der Waals surface area contributed by atoms with E-state index in [-0.39, 0.29) is 0 Å². The Bertz CT molecular complexity index is 334. The summed E-state index contributed by atoms with van der Waals surface area (Å²) in [5, 5.41) is 14.7. The molecule has 0 radical (unpaired) electrons. The molecule has 1 heterocycles. The van der Waals surface area contributed by atoms with Gasteiger partial charge in [0.1, 0.15) is 0 Å². The Hall–Kier alpha value is -1.65. The molecule has 0 amide bonds. The van der Waals surface area contributed by atoms with E-state index >= 15 is 0 Å². The van der Waals surface area contributed by atoms with Crippen molar-refractivity contribution in [2.24, 2.45) is 0 Å². The van der Waals surface area contributed by atoms with Crippen molar-refractivity contribution in [2.45, 2.75) is 0 Å². The van der Waals surface area contributed by atoms with Gasteiger partial charge in [0.25, 0.3) is 0 Å². The third-order valence-corrected chi connectivity index (χ3v) is 2.18. The molecular formula is C13H18N2O2. The average Bonchev–Trinajstić information content (AvgIpc) is 2.40. The van der Waals surface area contributed by atoms with Gasteiger partial charge in [0.2, 0.25) is 0 Å². The molecule has 1 aliphatic heterocycles. The van der Waals surface area contributed by atoms with E-state index in [2.05, 4.69) is 10.6 Å². The molecule has 1 aliphatic rings. The van der Waals surface area contributed by atoms with Crippen LogP contribution in [0.25, 0.3) is 6.08 Å². The van der Waals surface area contributed by atoms with Crippen molar-refractivity contribution in [1.29, 1.82) is 0 Å². The zero-order valence-corrected chi connectivity index (χ0v) is 9.73. The van der Waals surface area contributed by atoms with Crippen LogP contribution in [0.1, 0.15) is 5.56 Å². The fraction of sp³-hybridized carbons (Fsp3) is 0.308. The zero-order valence-electron chi connectivity index (χ0n) is 9.73. The van der Waals surface area contributed by atoms with Crippen LogP contribution in [0.2, 0.25) is 0 Å². The highest BCUT2D eigenvalue weighted by Gasteiger charge is 1.91. The minimum atomic E-state index is -0.922. The van der Waals surface area contributed by atoms with Gasteiger partial charge in [0, 0.05) is 32.3 Å². The molecule has 4 nitrogen and oxygen atoms in total. The topological polar surface area (TPSA) is 61.4 Å². The molecule has 1 fully saturated rings. The Morgan fingerprint density at radius 1 is 1.06 bits per heavy atom. The molecule has 0 unspecified atom stereocenters. The van der Waals surface area contributed by atoms with Crippen LogP contribution in [0.5, 0.6) is 0 Å². The van der Waals surface area contributed by atoms with Crippen molar-refractivity contribution < 1.29 is 9.90 Å². The number of carboxylic acids is 1. The van der Waals surface area contributed by atoms with Crippen molar-refractivity contribution in [2.75, 3.05) is 26.2 Å². The molecule has 4 heteroatoms. The summed E-state index contributed by atoms with van der Waals surface area (Å²) in [5.74, 6) is -0.922. The van der Waals surface area contributed by atoms with Crippen LogP contribution < -0.4 is 10.6 Å². The molecule has 0 atom stereocenters. The fourth-order valence-electron chi connectivity index (χ4n) is 1.34. The van der Waals surface area contributed by atoms with E-state index in [1.807, 2.05) is 30.3 Å². The zero-order chi connectivity index (χ0) is 12.3. The second-order valence-corrected chi connectivity index (χ2v) is 3.58. The van der Waals surface area contributed by atoms with Crippen molar-refractivity contribution in [1.82, 2.24) is 10.6 Å². The lowest BCUT2D eigenvalue weighted by Crippen LogP contribution is -2.39. The Morgan fingerprint density at radius 3 is 2.00 bits per heavy atom. The van der Waals surface area contributed by atoms with Crippen LogP contribution in [-0.2, 0) is 4.79 Å². The van der Waals surface area contributed by atoms with Crippen LogP contribution in [-0.4, -0.2) is 37.3 Å². The number of carbonyl (C=O) groups is 1. The number of aliphatic carboxylic acids is 1. The van der Waals surface area contributed by atoms with E-state index < -0.39 is 5.97 Å². The number of nitrogens with one attached hydrogen (secondary N) is 2. The van der Waals surface area contributed by atoms with Gasteiger partial charge >= 0.3 is 5.97 Å². The van der Waals surface area contributed by atoms with Crippen molar-refractivity contribution in [3.8, 4) is 0 Å². The maximum Gasteiger partial charge on any atom is 0.328 e. The molecule has 0 spiro atoms. The molecule has 1 saturated heterocycles. The van der Waals surface area contributed by atoms with Gasteiger partial charge in [-0.05, 0) is 11.6 Å². The largest absolute Gasteiger partial charge is 0.478 e. The van der Waals surface area contributed by atoms with Crippen molar-refractivity contribution >= 4 is 12.0 Å². The molecule has 0 aromatic heterocycles. The smallest absolute Gasteiger partial charge is 0.328 e. The first-order valence-electron chi connectivity index (χ1n) is 5.66. The van der Waals surface area contributed by atoms with Gasteiger partial charge in [0.05, 0.1) is 0 Å². The van der Waals surface area contributed by atoms with Gasteiger partial charge in [-0.1, -0.05) is 30.3 Å². The standard InChI is InChI=1S/C9H8O2.C4H10N2/c10-9(11)7-6-8-4-2-1-3-5-8;1-2-6-4-3-5-1/h1-7H,(H,10,11);5-6H,1-4H2. The highest BCUT2D eigenvalue weighted by Crippen LogP contribution is 1.99. The molecule has 0 aliphatic carbocycles. The molecule has 2 rings (SSSR count). The normalized spacial score (nSPS) is 15.1. The summed E-state index contributed by atoms with van der Waals surface area (Å²) >= 11 is 0. The number of benzene rings is 1. The lowest BCUT2D eigenvalue weighted by molar-refractivity contribution is -0.131. The van der Waals surface area contributed by atoms with Gasteiger partial charge in [-0.2, -0.15) is 0 Å². The Kier molecular flexibility index (Phi) is 6.70. The van der Waals surface area contributed by atoms with Crippen LogP contribution in [0.15, 0.2) is 36.4 Å². The molecule has 3 N–H and O–H groups in total. The second kappa shape index (κ2) is 8.50. The van der Waals surface area contributed by atoms with Gasteiger partial charge in [-0.15, -0.1) is 0 Å². The molecular weight excluding hydrogens is 216 g/mol. The molecule has 0 saturated carbocycles. The Morgan fingerprint density at radius 2 is 1.59 bits per heavy atom. The van der Waals surface area contributed by atoms with E-state index in [9.17, 15) is 4.79 Å². The van der Waals surface area contributed by atoms with Crippen LogP contribution in [0.3, 0.4) is 0 Å². The summed E-state index contributed by atoms with van der Waals surface area (Å²) in [5.41, 5.74) is 0.898. The predicted molar refractivity (Wildman–Crippen MR) is 68.9 cm³/mol. The van der Waals surface area contributed by atoms with E-state index in [4.69, 9.17) is 5.11 Å². The maximum atomic E-state index is 10.1. The SMILES string of the molecule is C1CNCCN1.O=C(O)C=Cc1ccccc1. The second-order valence-electron chi connectivity index (χ2n) is 3.58. The number of rotatable bonds is 2. The number of hydrogen-bond donors (Lipinski definition) is 3. The van der Waals surface area contributed by atoms with Gasteiger partial charge in [0.15, 0.2) is 0 Å². The van der Waals surface area contributed by atoms with Crippen LogP contribution in [0.4, 0.5) is 0 Å². The molecule has 1 aromatic carbocycles. The van der Waals surface area contributed by atoms with Crippen LogP contribution >= 0.6 is 0 Å². The molecule has 1 aromatic rings. The van der Waals surface area contributed by atoms with E-state index in [0.717, 1.165) is 37.8 Å². The Labute approximate surface area is 101 Å². The lowest BCUT2D eigenvalue weighted by Gasteiger charge is -2.11. The minimum Gasteiger partial charge on any atom is -0.478 e. The summed E-state index contributed by atoms with van der Waals surface area (Å²) in [4.78, 5) is 10.1. The summed E-state index contributed by atoms with van der Waals surface area (Å²) in [6, 6.07) is 9.31. The van der Waals surface area contributed by atoms with Crippen molar-refractivity contribution in [3.63, 3.8) is 0 Å². The lowest BCUT2D eigenvalue weighted by atomic mass is 10.2. The average molecular weight is 234 g/mol. The number of piperazine rings is 1. The minimum absolute atomic E-state index is 0.898. The van der Waals surface area contributed by atoms with Gasteiger partial charge < -0.3 is 15.7 Å². The number of carboxylic acid groups (broad SMARTS) is 1. The summed E-state index contributed by atoms with van der Waals surface area (Å²) in [6.45, 7) is 4.56. The van der Waals surface area contributed by atoms with Gasteiger partial charge in [-0.3, -0.25) is 0 Å². The first kappa shape index (κ1) is 13.4. The summed E-state index contributed by atoms with van der Waals surface area (Å²) < 4.78 is 0. The van der Waals surface area contributed by atoms with E-state index in [1.54, 1.807) is 6.08 Å². The van der Waals surface area contributed by atoms with Gasteiger partial charge in [-0.25, -0.2) is 4.79 Å². The van der Waals surface area contributed by atoms with Crippen LogP contribution in [0, 0.1) is 0 Å². The molecule has 0 bridgehead atoms. The first-order valence-corrected chi connectivity index (χ1v) is 5.66.